The average molecular weight is 595 g/mol. The second kappa shape index (κ2) is 14.2. The Morgan fingerprint density at radius 1 is 0.977 bits per heavy atom. The molecule has 0 aromatic heterocycles. The molecule has 2 N–H and O–H groups in total. The predicted molar refractivity (Wildman–Crippen MR) is 172 cm³/mol. The molecule has 1 aliphatic rings. The van der Waals surface area contributed by atoms with Gasteiger partial charge in [-0.2, -0.15) is 0 Å². The molecule has 43 heavy (non-hydrogen) atoms. The molecular formula is C36H35ClN2O4. The number of rotatable bonds is 13. The topological polar surface area (TPSA) is 80.2 Å². The van der Waals surface area contributed by atoms with Crippen molar-refractivity contribution in [2.75, 3.05) is 19.8 Å². The first kappa shape index (κ1) is 30.1. The van der Waals surface area contributed by atoms with Crippen LogP contribution >= 0.6 is 11.6 Å². The van der Waals surface area contributed by atoms with Gasteiger partial charge in [-0.05, 0) is 65.1 Å². The Labute approximate surface area is 257 Å². The highest BCUT2D eigenvalue weighted by Gasteiger charge is 2.52. The molecule has 4 aromatic carbocycles. The molecule has 0 radical (unpaired) electrons. The third kappa shape index (κ3) is 7.16. The summed E-state index contributed by atoms with van der Waals surface area (Å²) in [5.41, 5.74) is 3.53. The first-order valence-electron chi connectivity index (χ1n) is 14.4. The molecule has 220 valence electrons. The number of aliphatic imine (C=N–C) groups is 1. The van der Waals surface area contributed by atoms with Gasteiger partial charge in [0, 0.05) is 36.6 Å². The molecule has 4 aromatic rings. The van der Waals surface area contributed by atoms with Crippen LogP contribution in [-0.4, -0.2) is 42.2 Å². The minimum absolute atomic E-state index is 0.0724. The van der Waals surface area contributed by atoms with Gasteiger partial charge < -0.3 is 19.9 Å². The first-order valence-corrected chi connectivity index (χ1v) is 14.8. The number of benzene rings is 4. The fourth-order valence-electron chi connectivity index (χ4n) is 5.18. The molecule has 1 heterocycles. The molecule has 0 saturated heterocycles. The van der Waals surface area contributed by atoms with Gasteiger partial charge in [-0.25, -0.2) is 4.99 Å². The van der Waals surface area contributed by atoms with Crippen LogP contribution in [0.1, 0.15) is 35.6 Å². The fourth-order valence-corrected chi connectivity index (χ4v) is 5.39. The zero-order valence-electron chi connectivity index (χ0n) is 23.9. The van der Waals surface area contributed by atoms with Crippen molar-refractivity contribution >= 4 is 23.4 Å². The Bertz CT molecular complexity index is 1550. The number of nitrogens with one attached hydrogen (secondary N) is 1. The van der Waals surface area contributed by atoms with Gasteiger partial charge in [0.05, 0.1) is 6.61 Å². The minimum atomic E-state index is -1.25. The van der Waals surface area contributed by atoms with Crippen molar-refractivity contribution in [1.29, 1.82) is 0 Å². The maximum atomic E-state index is 14.1. The van der Waals surface area contributed by atoms with E-state index in [0.29, 0.717) is 42.7 Å². The quantitative estimate of drug-likeness (QED) is 0.130. The van der Waals surface area contributed by atoms with Crippen LogP contribution in [0.2, 0.25) is 5.02 Å². The molecule has 1 amide bonds. The van der Waals surface area contributed by atoms with Gasteiger partial charge in [-0.3, -0.25) is 4.79 Å². The van der Waals surface area contributed by atoms with E-state index in [0.717, 1.165) is 27.8 Å². The van der Waals surface area contributed by atoms with E-state index < -0.39 is 11.6 Å². The van der Waals surface area contributed by atoms with Crippen LogP contribution in [-0.2, 0) is 16.0 Å². The van der Waals surface area contributed by atoms with E-state index in [1.165, 1.54) is 0 Å². The lowest BCUT2D eigenvalue weighted by Crippen LogP contribution is -2.48. The maximum absolute atomic E-state index is 14.1. The zero-order valence-corrected chi connectivity index (χ0v) is 24.7. The van der Waals surface area contributed by atoms with E-state index >= 15 is 0 Å². The number of ether oxygens (including phenoxy) is 2. The highest BCUT2D eigenvalue weighted by atomic mass is 35.5. The summed E-state index contributed by atoms with van der Waals surface area (Å²) in [6.07, 6.45) is 2.51. The summed E-state index contributed by atoms with van der Waals surface area (Å²) < 4.78 is 12.2. The molecule has 0 fully saturated rings. The Balaban J connectivity index is 1.44. The maximum Gasteiger partial charge on any atom is 0.252 e. The van der Waals surface area contributed by atoms with Gasteiger partial charge in [0.2, 0.25) is 5.90 Å². The van der Waals surface area contributed by atoms with E-state index in [1.54, 1.807) is 6.08 Å². The van der Waals surface area contributed by atoms with Crippen LogP contribution in [0, 0.1) is 0 Å². The molecule has 0 aliphatic carbocycles. The molecule has 6 nitrogen and oxygen atoms in total. The number of aliphatic hydroxyl groups is 1. The molecular weight excluding hydrogens is 560 g/mol. The van der Waals surface area contributed by atoms with Gasteiger partial charge in [0.1, 0.15) is 5.75 Å². The molecule has 0 spiro atoms. The lowest BCUT2D eigenvalue weighted by atomic mass is 9.84. The largest absolute Gasteiger partial charge is 0.494 e. The van der Waals surface area contributed by atoms with E-state index in [2.05, 4.69) is 24.0 Å². The van der Waals surface area contributed by atoms with E-state index in [-0.39, 0.29) is 18.9 Å². The summed E-state index contributed by atoms with van der Waals surface area (Å²) in [4.78, 5) is 19.0. The Morgan fingerprint density at radius 2 is 1.70 bits per heavy atom. The van der Waals surface area contributed by atoms with E-state index in [4.69, 9.17) is 31.2 Å². The molecule has 2 atom stereocenters. The standard InChI is InChI=1S/C36H35ClN2O4/c1-2-21-36(35(41)38-22-20-26-8-6-11-31(37)25-26)33(29-14-12-28(13-15-29)27-9-4-3-5-10-27)43-34(39-36)30-16-18-32(19-17-30)42-24-7-23-40/h2-6,8-19,25,33,40H,1,7,20-24H2,(H,38,41)/t33-,36-/m1/s1. The normalized spacial score (nSPS) is 17.5. The molecule has 0 unspecified atom stereocenters. The Morgan fingerprint density at radius 3 is 2.40 bits per heavy atom. The summed E-state index contributed by atoms with van der Waals surface area (Å²) in [5, 5.41) is 12.8. The fraction of sp³-hybridized carbons (Fsp3) is 0.222. The van der Waals surface area contributed by atoms with Crippen molar-refractivity contribution in [2.45, 2.75) is 30.9 Å². The molecule has 0 bridgehead atoms. The molecule has 1 aliphatic heterocycles. The van der Waals surface area contributed by atoms with Gasteiger partial charge >= 0.3 is 0 Å². The highest BCUT2D eigenvalue weighted by Crippen LogP contribution is 2.43. The zero-order chi connectivity index (χ0) is 30.1. The lowest BCUT2D eigenvalue weighted by Gasteiger charge is -2.30. The SMILES string of the molecule is C=CC[C@@]1(C(=O)NCCc2cccc(Cl)c2)N=C(c2ccc(OCCCO)cc2)O[C@@H]1c1ccc(-c2ccccc2)cc1. The van der Waals surface area contributed by atoms with Crippen molar-refractivity contribution in [2.24, 2.45) is 4.99 Å². The molecule has 5 rings (SSSR count). The second-order valence-corrected chi connectivity index (χ2v) is 10.8. The lowest BCUT2D eigenvalue weighted by molar-refractivity contribution is -0.128. The first-order chi connectivity index (χ1) is 21.0. The number of carbonyl (C=O) groups excluding carboxylic acids is 1. The third-order valence-electron chi connectivity index (χ3n) is 7.39. The van der Waals surface area contributed by atoms with Crippen molar-refractivity contribution < 1.29 is 19.4 Å². The number of carbonyl (C=O) groups is 1. The van der Waals surface area contributed by atoms with Crippen molar-refractivity contribution in [3.05, 3.63) is 137 Å². The molecule has 7 heteroatoms. The highest BCUT2D eigenvalue weighted by molar-refractivity contribution is 6.30. The Kier molecular flexibility index (Phi) is 9.92. The van der Waals surface area contributed by atoms with Gasteiger partial charge in [-0.1, -0.05) is 84.4 Å². The number of nitrogens with zero attached hydrogens (tertiary/aromatic N) is 1. The van der Waals surface area contributed by atoms with Crippen LogP contribution in [0.5, 0.6) is 5.75 Å². The van der Waals surface area contributed by atoms with Crippen molar-refractivity contribution in [1.82, 2.24) is 5.32 Å². The van der Waals surface area contributed by atoms with Crippen LogP contribution < -0.4 is 10.1 Å². The summed E-state index contributed by atoms with van der Waals surface area (Å²) in [6.45, 7) is 4.88. The average Bonchev–Trinajstić information content (AvgIpc) is 3.43. The number of aliphatic hydroxyl groups excluding tert-OH is 1. The number of hydrogen-bond acceptors (Lipinski definition) is 5. The van der Waals surface area contributed by atoms with Gasteiger partial charge in [0.25, 0.3) is 5.91 Å². The summed E-state index contributed by atoms with van der Waals surface area (Å²) in [7, 11) is 0. The number of hydrogen-bond donors (Lipinski definition) is 2. The third-order valence-corrected chi connectivity index (χ3v) is 7.63. The van der Waals surface area contributed by atoms with Crippen LogP contribution in [0.3, 0.4) is 0 Å². The summed E-state index contributed by atoms with van der Waals surface area (Å²) >= 11 is 6.16. The van der Waals surface area contributed by atoms with Gasteiger partial charge in [-0.15, -0.1) is 6.58 Å². The van der Waals surface area contributed by atoms with Crippen LogP contribution in [0.15, 0.2) is 121 Å². The van der Waals surface area contributed by atoms with E-state index in [1.807, 2.05) is 91.0 Å². The number of halogens is 1. The van der Waals surface area contributed by atoms with Crippen molar-refractivity contribution in [3.63, 3.8) is 0 Å². The van der Waals surface area contributed by atoms with E-state index in [9.17, 15) is 4.79 Å². The number of amides is 1. The minimum Gasteiger partial charge on any atom is -0.494 e. The molecule has 0 saturated carbocycles. The summed E-state index contributed by atoms with van der Waals surface area (Å²) in [5.74, 6) is 0.830. The van der Waals surface area contributed by atoms with Crippen molar-refractivity contribution in [3.8, 4) is 16.9 Å². The smallest absolute Gasteiger partial charge is 0.252 e. The Hall–Kier alpha value is -4.39. The van der Waals surface area contributed by atoms with Crippen LogP contribution in [0.25, 0.3) is 11.1 Å². The summed E-state index contributed by atoms with van der Waals surface area (Å²) in [6, 6.07) is 33.2. The van der Waals surface area contributed by atoms with Gasteiger partial charge in [0.15, 0.2) is 11.6 Å². The predicted octanol–water partition coefficient (Wildman–Crippen LogP) is 6.96. The van der Waals surface area contributed by atoms with Crippen LogP contribution in [0.4, 0.5) is 0 Å². The monoisotopic (exact) mass is 594 g/mol. The second-order valence-electron chi connectivity index (χ2n) is 10.4.